The molecule has 3 rings (SSSR count). The van der Waals surface area contributed by atoms with Crippen molar-refractivity contribution in [3.05, 3.63) is 44.5 Å². The smallest absolute Gasteiger partial charge is 0.408 e. The maximum absolute atomic E-state index is 12.0. The third-order valence-corrected chi connectivity index (χ3v) is 3.73. The summed E-state index contributed by atoms with van der Waals surface area (Å²) in [5.41, 5.74) is 1.38. The van der Waals surface area contributed by atoms with Crippen molar-refractivity contribution in [2.45, 2.75) is 26.4 Å². The van der Waals surface area contributed by atoms with Gasteiger partial charge >= 0.3 is 5.76 Å². The molecule has 7 heteroatoms. The Bertz CT molecular complexity index is 802. The first-order valence-electron chi connectivity index (χ1n) is 6.34. The van der Waals surface area contributed by atoms with Gasteiger partial charge in [0.2, 0.25) is 0 Å². The molecule has 0 bridgehead atoms. The zero-order valence-corrected chi connectivity index (χ0v) is 13.1. The van der Waals surface area contributed by atoms with E-state index in [1.807, 2.05) is 22.9 Å². The molecule has 2 heterocycles. The van der Waals surface area contributed by atoms with E-state index in [0.717, 1.165) is 27.9 Å². The molecule has 3 aromatic rings. The van der Waals surface area contributed by atoms with Gasteiger partial charge in [-0.1, -0.05) is 6.92 Å². The van der Waals surface area contributed by atoms with Gasteiger partial charge in [0, 0.05) is 10.1 Å². The van der Waals surface area contributed by atoms with Crippen LogP contribution in [0.25, 0.3) is 11.1 Å². The van der Waals surface area contributed by atoms with Crippen molar-refractivity contribution in [3.63, 3.8) is 0 Å². The maximum atomic E-state index is 12.0. The maximum Gasteiger partial charge on any atom is 0.420 e. The zero-order valence-electron chi connectivity index (χ0n) is 10.9. The first-order valence-corrected chi connectivity index (χ1v) is 7.42. The first-order chi connectivity index (χ1) is 9.69. The first kappa shape index (κ1) is 13.3. The lowest BCUT2D eigenvalue weighted by Crippen LogP contribution is -2.18. The summed E-state index contributed by atoms with van der Waals surface area (Å²) in [6.45, 7) is 3.23. The van der Waals surface area contributed by atoms with Gasteiger partial charge in [-0.3, -0.25) is 4.57 Å². The Kier molecular flexibility index (Phi) is 3.60. The Morgan fingerprint density at radius 1 is 1.40 bits per heavy atom. The number of oxazole rings is 1. The highest BCUT2D eigenvalue weighted by molar-refractivity contribution is 14.1. The predicted octanol–water partition coefficient (Wildman–Crippen LogP) is 2.25. The molecule has 0 unspecified atom stereocenters. The van der Waals surface area contributed by atoms with Crippen LogP contribution in [0.1, 0.15) is 19.2 Å². The molecule has 0 radical (unpaired) electrons. The molecule has 6 nitrogen and oxygen atoms in total. The van der Waals surface area contributed by atoms with Crippen molar-refractivity contribution in [3.8, 4) is 0 Å². The number of halogens is 1. The van der Waals surface area contributed by atoms with Crippen LogP contribution >= 0.6 is 22.6 Å². The number of nitrogens with zero attached hydrogens (tertiary/aromatic N) is 4. The van der Waals surface area contributed by atoms with Crippen molar-refractivity contribution in [1.82, 2.24) is 19.3 Å². The number of rotatable bonds is 4. The van der Waals surface area contributed by atoms with Crippen LogP contribution in [0.15, 0.2) is 33.7 Å². The third-order valence-electron chi connectivity index (χ3n) is 3.06. The summed E-state index contributed by atoms with van der Waals surface area (Å²) in [6, 6.07) is 5.66. The van der Waals surface area contributed by atoms with E-state index < -0.39 is 0 Å². The van der Waals surface area contributed by atoms with Crippen LogP contribution in [-0.2, 0) is 13.1 Å². The lowest BCUT2D eigenvalue weighted by Gasteiger charge is -2.05. The second-order valence-electron chi connectivity index (χ2n) is 4.47. The number of aromatic nitrogens is 4. The van der Waals surface area contributed by atoms with Gasteiger partial charge in [0.25, 0.3) is 0 Å². The molecule has 2 aromatic heterocycles. The number of fused-ring (bicyclic) bond motifs is 1. The van der Waals surface area contributed by atoms with Crippen LogP contribution in [-0.4, -0.2) is 19.3 Å². The van der Waals surface area contributed by atoms with E-state index in [0.29, 0.717) is 12.1 Å². The Hall–Kier alpha value is -1.64. The fourth-order valence-corrected chi connectivity index (χ4v) is 2.61. The topological polar surface area (TPSA) is 65.8 Å². The molecule has 0 amide bonds. The number of aryl methyl sites for hydroxylation is 1. The van der Waals surface area contributed by atoms with Gasteiger partial charge < -0.3 is 4.42 Å². The molecule has 20 heavy (non-hydrogen) atoms. The van der Waals surface area contributed by atoms with Crippen molar-refractivity contribution >= 4 is 33.7 Å². The summed E-state index contributed by atoms with van der Waals surface area (Å²) in [5.74, 6) is 0.392. The van der Waals surface area contributed by atoms with E-state index in [-0.39, 0.29) is 5.76 Å². The van der Waals surface area contributed by atoms with Gasteiger partial charge in [0.1, 0.15) is 12.2 Å². The van der Waals surface area contributed by atoms with Crippen molar-refractivity contribution in [1.29, 1.82) is 0 Å². The Morgan fingerprint density at radius 3 is 3.05 bits per heavy atom. The molecule has 0 N–H and O–H groups in total. The molecule has 0 saturated heterocycles. The van der Waals surface area contributed by atoms with Gasteiger partial charge in [0.05, 0.1) is 12.1 Å². The number of hydrogen-bond acceptors (Lipinski definition) is 4. The highest BCUT2D eigenvalue weighted by Gasteiger charge is 2.13. The van der Waals surface area contributed by atoms with Gasteiger partial charge in [-0.2, -0.15) is 5.10 Å². The summed E-state index contributed by atoms with van der Waals surface area (Å²) in [4.78, 5) is 16.2. The minimum absolute atomic E-state index is 0.367. The van der Waals surface area contributed by atoms with E-state index >= 15 is 0 Å². The van der Waals surface area contributed by atoms with Gasteiger partial charge in [-0.05, 0) is 47.2 Å². The summed E-state index contributed by atoms with van der Waals surface area (Å²) < 4.78 is 9.71. The monoisotopic (exact) mass is 384 g/mol. The van der Waals surface area contributed by atoms with Crippen LogP contribution < -0.4 is 5.76 Å². The van der Waals surface area contributed by atoms with E-state index in [9.17, 15) is 4.79 Å². The van der Waals surface area contributed by atoms with Crippen LogP contribution in [0.5, 0.6) is 0 Å². The Morgan fingerprint density at radius 2 is 2.25 bits per heavy atom. The fourth-order valence-electron chi connectivity index (χ4n) is 2.14. The molecule has 0 aliphatic carbocycles. The zero-order chi connectivity index (χ0) is 14.1. The van der Waals surface area contributed by atoms with E-state index in [1.165, 1.54) is 6.33 Å². The molecule has 1 aromatic carbocycles. The van der Waals surface area contributed by atoms with Crippen LogP contribution in [0.3, 0.4) is 0 Å². The summed E-state index contributed by atoms with van der Waals surface area (Å²) >= 11 is 2.21. The summed E-state index contributed by atoms with van der Waals surface area (Å²) in [6.07, 6.45) is 2.48. The third kappa shape index (κ3) is 2.37. The van der Waals surface area contributed by atoms with E-state index in [1.54, 1.807) is 4.57 Å². The van der Waals surface area contributed by atoms with Crippen molar-refractivity contribution < 1.29 is 4.42 Å². The normalized spacial score (nSPS) is 11.3. The summed E-state index contributed by atoms with van der Waals surface area (Å²) in [5, 5.41) is 4.17. The van der Waals surface area contributed by atoms with Gasteiger partial charge in [-0.15, -0.1) is 0 Å². The minimum atomic E-state index is -0.368. The van der Waals surface area contributed by atoms with Crippen LogP contribution in [0.2, 0.25) is 0 Å². The molecule has 0 spiro atoms. The molecule has 0 aliphatic heterocycles. The lowest BCUT2D eigenvalue weighted by atomic mass is 10.3. The van der Waals surface area contributed by atoms with Crippen molar-refractivity contribution in [2.75, 3.05) is 0 Å². The quantitative estimate of drug-likeness (QED) is 0.648. The lowest BCUT2D eigenvalue weighted by molar-refractivity contribution is 0.499. The van der Waals surface area contributed by atoms with Crippen LogP contribution in [0, 0.1) is 3.57 Å². The SMILES string of the molecule is CCCn1ncnc1Cn1c(=O)oc2ccc(I)cc21. The molecule has 0 atom stereocenters. The highest BCUT2D eigenvalue weighted by Crippen LogP contribution is 2.17. The molecule has 0 aliphatic rings. The average molecular weight is 384 g/mol. The Labute approximate surface area is 128 Å². The molecule has 0 saturated carbocycles. The second-order valence-corrected chi connectivity index (χ2v) is 5.71. The average Bonchev–Trinajstić information content (AvgIpc) is 2.97. The molecular weight excluding hydrogens is 371 g/mol. The Balaban J connectivity index is 2.06. The number of benzene rings is 1. The summed E-state index contributed by atoms with van der Waals surface area (Å²) in [7, 11) is 0. The largest absolute Gasteiger partial charge is 0.420 e. The highest BCUT2D eigenvalue weighted by atomic mass is 127. The van der Waals surface area contributed by atoms with E-state index in [4.69, 9.17) is 4.42 Å². The fraction of sp³-hybridized carbons (Fsp3) is 0.308. The second kappa shape index (κ2) is 5.39. The van der Waals surface area contributed by atoms with Gasteiger partial charge in [-0.25, -0.2) is 14.5 Å². The molecule has 0 fully saturated rings. The number of hydrogen-bond donors (Lipinski definition) is 0. The van der Waals surface area contributed by atoms with E-state index in [2.05, 4.69) is 39.6 Å². The standard InChI is InChI=1S/C13H13IN4O2/c1-2-5-18-12(15-8-16-18)7-17-10-6-9(14)3-4-11(10)20-13(17)19/h3-4,6,8H,2,5,7H2,1H3. The minimum Gasteiger partial charge on any atom is -0.408 e. The predicted molar refractivity (Wildman–Crippen MR) is 82.6 cm³/mol. The van der Waals surface area contributed by atoms with Gasteiger partial charge in [0.15, 0.2) is 5.58 Å². The van der Waals surface area contributed by atoms with Crippen LogP contribution in [0.4, 0.5) is 0 Å². The molecular formula is C13H13IN4O2. The van der Waals surface area contributed by atoms with Crippen molar-refractivity contribution in [2.24, 2.45) is 0 Å². The molecule has 104 valence electrons.